The molecular weight excluding hydrogens is 252 g/mol. The topological polar surface area (TPSA) is 40.5 Å². The number of halogens is 2. The van der Waals surface area contributed by atoms with Gasteiger partial charge in [0.15, 0.2) is 0 Å². The molecule has 0 fully saturated rings. The number of para-hydroxylation sites is 1. The summed E-state index contributed by atoms with van der Waals surface area (Å²) in [5.74, 6) is -1.02. The predicted octanol–water partition coefficient (Wildman–Crippen LogP) is 3.65. The average Bonchev–Trinajstić information content (AvgIpc) is 2.39. The molecule has 0 saturated heterocycles. The zero-order valence-electron chi connectivity index (χ0n) is 9.88. The van der Waals surface area contributed by atoms with Gasteiger partial charge in [0, 0.05) is 0 Å². The Morgan fingerprint density at radius 1 is 1.05 bits per heavy atom. The van der Waals surface area contributed by atoms with Gasteiger partial charge in [-0.2, -0.15) is 0 Å². The first-order valence-corrected chi connectivity index (χ1v) is 5.57. The number of rotatable bonds is 3. The van der Waals surface area contributed by atoms with E-state index in [-0.39, 0.29) is 12.2 Å². The van der Waals surface area contributed by atoms with Gasteiger partial charge in [-0.1, -0.05) is 24.3 Å². The smallest absolute Gasteiger partial charge is 0.412 e. The SMILES string of the molecule is O=C(O)N(Cc1ccc(F)cc1)c1ccccc1F. The van der Waals surface area contributed by atoms with Crippen LogP contribution in [0.3, 0.4) is 0 Å². The van der Waals surface area contributed by atoms with Gasteiger partial charge in [0.25, 0.3) is 0 Å². The highest BCUT2D eigenvalue weighted by Gasteiger charge is 2.18. The highest BCUT2D eigenvalue weighted by molar-refractivity contribution is 5.86. The van der Waals surface area contributed by atoms with Crippen LogP contribution in [0.5, 0.6) is 0 Å². The number of benzene rings is 2. The minimum absolute atomic E-state index is 0.0284. The first-order valence-electron chi connectivity index (χ1n) is 5.57. The van der Waals surface area contributed by atoms with Gasteiger partial charge in [-0.3, -0.25) is 4.90 Å². The Bertz CT molecular complexity index is 584. The largest absolute Gasteiger partial charge is 0.465 e. The van der Waals surface area contributed by atoms with E-state index in [2.05, 4.69) is 0 Å². The van der Waals surface area contributed by atoms with Gasteiger partial charge in [0.2, 0.25) is 0 Å². The number of hydrogen-bond donors (Lipinski definition) is 1. The van der Waals surface area contributed by atoms with Gasteiger partial charge < -0.3 is 5.11 Å². The molecule has 0 radical (unpaired) electrons. The van der Waals surface area contributed by atoms with Gasteiger partial charge in [0.1, 0.15) is 11.6 Å². The normalized spacial score (nSPS) is 10.2. The highest BCUT2D eigenvalue weighted by Crippen LogP contribution is 2.21. The van der Waals surface area contributed by atoms with Crippen LogP contribution in [-0.2, 0) is 6.54 Å². The van der Waals surface area contributed by atoms with Crippen LogP contribution in [0.25, 0.3) is 0 Å². The van der Waals surface area contributed by atoms with E-state index in [1.807, 2.05) is 0 Å². The summed E-state index contributed by atoms with van der Waals surface area (Å²) in [6, 6.07) is 11.0. The summed E-state index contributed by atoms with van der Waals surface area (Å²) < 4.78 is 26.4. The van der Waals surface area contributed by atoms with Crippen LogP contribution in [0.1, 0.15) is 5.56 Å². The van der Waals surface area contributed by atoms with Crippen LogP contribution < -0.4 is 4.90 Å². The van der Waals surface area contributed by atoms with E-state index in [9.17, 15) is 13.6 Å². The quantitative estimate of drug-likeness (QED) is 0.918. The van der Waals surface area contributed by atoms with Gasteiger partial charge in [-0.25, -0.2) is 13.6 Å². The van der Waals surface area contributed by atoms with Crippen LogP contribution >= 0.6 is 0 Å². The molecule has 0 bridgehead atoms. The highest BCUT2D eigenvalue weighted by atomic mass is 19.1. The van der Waals surface area contributed by atoms with Crippen molar-refractivity contribution in [2.75, 3.05) is 4.90 Å². The molecule has 0 atom stereocenters. The number of carbonyl (C=O) groups is 1. The molecule has 5 heteroatoms. The number of carboxylic acid groups (broad SMARTS) is 1. The van der Waals surface area contributed by atoms with Crippen LogP contribution in [0, 0.1) is 11.6 Å². The monoisotopic (exact) mass is 263 g/mol. The van der Waals surface area contributed by atoms with Crippen molar-refractivity contribution in [1.29, 1.82) is 0 Å². The molecular formula is C14H11F2NO2. The molecule has 0 aliphatic carbocycles. The summed E-state index contributed by atoms with van der Waals surface area (Å²) >= 11 is 0. The summed E-state index contributed by atoms with van der Waals surface area (Å²) in [5.41, 5.74) is 0.548. The first-order chi connectivity index (χ1) is 9.08. The third-order valence-corrected chi connectivity index (χ3v) is 2.63. The van der Waals surface area contributed by atoms with E-state index in [1.165, 1.54) is 42.5 Å². The van der Waals surface area contributed by atoms with Crippen LogP contribution in [0.4, 0.5) is 19.3 Å². The van der Waals surface area contributed by atoms with Gasteiger partial charge >= 0.3 is 6.09 Å². The summed E-state index contributed by atoms with van der Waals surface area (Å²) in [7, 11) is 0. The van der Waals surface area contributed by atoms with Crippen molar-refractivity contribution in [2.24, 2.45) is 0 Å². The van der Waals surface area contributed by atoms with Gasteiger partial charge in [0.05, 0.1) is 12.2 Å². The first kappa shape index (κ1) is 13.0. The Morgan fingerprint density at radius 2 is 1.68 bits per heavy atom. The molecule has 2 aromatic rings. The van der Waals surface area contributed by atoms with Crippen molar-refractivity contribution in [3.8, 4) is 0 Å². The van der Waals surface area contributed by atoms with Crippen LogP contribution in [-0.4, -0.2) is 11.2 Å². The number of anilines is 1. The molecule has 0 aliphatic rings. The second-order valence-corrected chi connectivity index (χ2v) is 3.95. The second kappa shape index (κ2) is 5.48. The van der Waals surface area contributed by atoms with Crippen LogP contribution in [0.15, 0.2) is 48.5 Å². The molecule has 0 spiro atoms. The van der Waals surface area contributed by atoms with E-state index in [1.54, 1.807) is 6.07 Å². The molecule has 0 aromatic heterocycles. The Hall–Kier alpha value is -2.43. The van der Waals surface area contributed by atoms with E-state index < -0.39 is 17.7 Å². The lowest BCUT2D eigenvalue weighted by atomic mass is 10.2. The molecule has 3 nitrogen and oxygen atoms in total. The molecule has 2 rings (SSSR count). The lowest BCUT2D eigenvalue weighted by molar-refractivity contribution is 0.201. The zero-order valence-corrected chi connectivity index (χ0v) is 9.88. The van der Waals surface area contributed by atoms with Crippen molar-refractivity contribution in [3.05, 3.63) is 65.7 Å². The van der Waals surface area contributed by atoms with E-state index >= 15 is 0 Å². The molecule has 0 heterocycles. The molecule has 0 saturated carbocycles. The number of hydrogen-bond acceptors (Lipinski definition) is 1. The van der Waals surface area contributed by atoms with Gasteiger partial charge in [-0.15, -0.1) is 0 Å². The van der Waals surface area contributed by atoms with E-state index in [0.717, 1.165) is 4.90 Å². The van der Waals surface area contributed by atoms with E-state index in [0.29, 0.717) is 5.56 Å². The Morgan fingerprint density at radius 3 is 2.26 bits per heavy atom. The summed E-state index contributed by atoms with van der Waals surface area (Å²) in [6.45, 7) is -0.0451. The Balaban J connectivity index is 2.29. The molecule has 0 aliphatic heterocycles. The van der Waals surface area contributed by atoms with Crippen LogP contribution in [0.2, 0.25) is 0 Å². The predicted molar refractivity (Wildman–Crippen MR) is 67.0 cm³/mol. The summed E-state index contributed by atoms with van der Waals surface area (Å²) in [6.07, 6.45) is -1.27. The lowest BCUT2D eigenvalue weighted by Crippen LogP contribution is -2.29. The summed E-state index contributed by atoms with van der Waals surface area (Å²) in [4.78, 5) is 12.1. The Kier molecular flexibility index (Phi) is 3.75. The molecule has 1 N–H and O–H groups in total. The van der Waals surface area contributed by atoms with Crippen molar-refractivity contribution in [1.82, 2.24) is 0 Å². The number of nitrogens with zero attached hydrogens (tertiary/aromatic N) is 1. The fourth-order valence-corrected chi connectivity index (χ4v) is 1.70. The fraction of sp³-hybridized carbons (Fsp3) is 0.0714. The maximum Gasteiger partial charge on any atom is 0.412 e. The van der Waals surface area contributed by atoms with E-state index in [4.69, 9.17) is 5.11 Å². The molecule has 19 heavy (non-hydrogen) atoms. The average molecular weight is 263 g/mol. The van der Waals surface area contributed by atoms with Crippen molar-refractivity contribution >= 4 is 11.8 Å². The van der Waals surface area contributed by atoms with Crippen molar-refractivity contribution < 1.29 is 18.7 Å². The Labute approximate surface area is 108 Å². The fourth-order valence-electron chi connectivity index (χ4n) is 1.70. The standard InChI is InChI=1S/C14H11F2NO2/c15-11-7-5-10(6-8-11)9-17(14(18)19)13-4-2-1-3-12(13)16/h1-8H,9H2,(H,18,19). The number of amides is 1. The summed E-state index contributed by atoms with van der Waals surface area (Å²) in [5, 5.41) is 9.15. The molecule has 98 valence electrons. The third kappa shape index (κ3) is 3.07. The van der Waals surface area contributed by atoms with Crippen molar-refractivity contribution in [3.63, 3.8) is 0 Å². The maximum atomic E-state index is 13.6. The van der Waals surface area contributed by atoms with Gasteiger partial charge in [-0.05, 0) is 29.8 Å². The third-order valence-electron chi connectivity index (χ3n) is 2.63. The molecule has 0 unspecified atom stereocenters. The molecule has 2 aromatic carbocycles. The second-order valence-electron chi connectivity index (χ2n) is 3.95. The maximum absolute atomic E-state index is 13.6. The van der Waals surface area contributed by atoms with Crippen molar-refractivity contribution in [2.45, 2.75) is 6.54 Å². The molecule has 1 amide bonds. The zero-order chi connectivity index (χ0) is 13.8. The minimum Gasteiger partial charge on any atom is -0.465 e. The lowest BCUT2D eigenvalue weighted by Gasteiger charge is -2.19. The minimum atomic E-state index is -1.27.